The van der Waals surface area contributed by atoms with E-state index in [9.17, 15) is 4.79 Å². The number of hydrogen-bond acceptors (Lipinski definition) is 1. The van der Waals surface area contributed by atoms with Gasteiger partial charge in [-0.25, -0.2) is 4.48 Å². The molecule has 0 aromatic heterocycles. The largest absolute Gasteiger partial charge is 0.513 e. The number of nitrogens with zero attached hydrogens (tertiary/aromatic N) is 1. The van der Waals surface area contributed by atoms with E-state index in [4.69, 9.17) is 5.11 Å². The second kappa shape index (κ2) is 3.59. The summed E-state index contributed by atoms with van der Waals surface area (Å²) in [6.07, 6.45) is 1.44. The summed E-state index contributed by atoms with van der Waals surface area (Å²) in [4.78, 5) is 11.1. The standard InChI is InChI=1S/C13H17NO2/c1-14(2,12(15)16)10-13(8-9-13)11-6-4-3-5-7-11/h3-7H,8-10H2,1-2H3/p+1. The smallest absolute Gasteiger partial charge is 0.435 e. The quantitative estimate of drug-likeness (QED) is 0.794. The molecular weight excluding hydrogens is 202 g/mol. The van der Waals surface area contributed by atoms with Crippen LogP contribution in [-0.4, -0.2) is 36.3 Å². The van der Waals surface area contributed by atoms with Crippen molar-refractivity contribution in [1.82, 2.24) is 0 Å². The molecule has 3 nitrogen and oxygen atoms in total. The maximum atomic E-state index is 11.1. The second-order valence-electron chi connectivity index (χ2n) is 5.27. The molecule has 1 N–H and O–H groups in total. The first-order chi connectivity index (χ1) is 7.46. The molecule has 0 saturated heterocycles. The number of carboxylic acid groups (broad SMARTS) is 1. The third-order valence-electron chi connectivity index (χ3n) is 3.46. The summed E-state index contributed by atoms with van der Waals surface area (Å²) in [5.41, 5.74) is 1.38. The lowest BCUT2D eigenvalue weighted by Crippen LogP contribution is -2.49. The predicted octanol–water partition coefficient (Wildman–Crippen LogP) is 2.47. The average molecular weight is 220 g/mol. The van der Waals surface area contributed by atoms with E-state index in [0.29, 0.717) is 6.54 Å². The number of hydrogen-bond donors (Lipinski definition) is 1. The predicted molar refractivity (Wildman–Crippen MR) is 62.4 cm³/mol. The Hall–Kier alpha value is -1.35. The van der Waals surface area contributed by atoms with Crippen LogP contribution in [0.25, 0.3) is 0 Å². The van der Waals surface area contributed by atoms with E-state index < -0.39 is 6.09 Å². The minimum Gasteiger partial charge on any atom is -0.435 e. The summed E-state index contributed by atoms with van der Waals surface area (Å²) in [6.45, 7) is 0.673. The molecule has 1 aromatic carbocycles. The van der Waals surface area contributed by atoms with Gasteiger partial charge in [-0.3, -0.25) is 0 Å². The van der Waals surface area contributed by atoms with Crippen LogP contribution in [0.2, 0.25) is 0 Å². The Labute approximate surface area is 95.9 Å². The average Bonchev–Trinajstić information content (AvgIpc) is 2.99. The highest BCUT2D eigenvalue weighted by Gasteiger charge is 2.50. The van der Waals surface area contributed by atoms with Crippen LogP contribution in [0, 0.1) is 0 Å². The molecule has 3 heteroatoms. The van der Waals surface area contributed by atoms with Crippen molar-refractivity contribution in [3.63, 3.8) is 0 Å². The maximum Gasteiger partial charge on any atom is 0.513 e. The Morgan fingerprint density at radius 3 is 2.31 bits per heavy atom. The molecule has 0 radical (unpaired) electrons. The van der Waals surface area contributed by atoms with Gasteiger partial charge in [-0.2, -0.15) is 4.79 Å². The van der Waals surface area contributed by atoms with E-state index in [-0.39, 0.29) is 9.90 Å². The van der Waals surface area contributed by atoms with Crippen molar-refractivity contribution in [2.24, 2.45) is 0 Å². The van der Waals surface area contributed by atoms with Crippen molar-refractivity contribution >= 4 is 6.09 Å². The van der Waals surface area contributed by atoms with E-state index >= 15 is 0 Å². The molecule has 1 aliphatic rings. The third-order valence-corrected chi connectivity index (χ3v) is 3.46. The second-order valence-corrected chi connectivity index (χ2v) is 5.27. The number of quaternary nitrogens is 1. The monoisotopic (exact) mass is 220 g/mol. The van der Waals surface area contributed by atoms with Crippen LogP contribution in [0.15, 0.2) is 30.3 Å². The van der Waals surface area contributed by atoms with E-state index in [1.54, 1.807) is 14.1 Å². The van der Waals surface area contributed by atoms with Gasteiger partial charge in [-0.05, 0) is 18.4 Å². The molecule has 16 heavy (non-hydrogen) atoms. The van der Waals surface area contributed by atoms with Gasteiger partial charge >= 0.3 is 6.09 Å². The minimum atomic E-state index is -0.762. The molecule has 0 spiro atoms. The zero-order valence-corrected chi connectivity index (χ0v) is 9.81. The Balaban J connectivity index is 2.19. The number of amides is 1. The van der Waals surface area contributed by atoms with Gasteiger partial charge in [0.2, 0.25) is 0 Å². The summed E-state index contributed by atoms with van der Waals surface area (Å²) < 4.78 is 0.0366. The van der Waals surface area contributed by atoms with Gasteiger partial charge in [0.05, 0.1) is 20.6 Å². The fourth-order valence-electron chi connectivity index (χ4n) is 2.30. The first-order valence-corrected chi connectivity index (χ1v) is 5.58. The molecule has 0 unspecified atom stereocenters. The number of carbonyl (C=O) groups is 1. The van der Waals surface area contributed by atoms with Crippen LogP contribution in [0.3, 0.4) is 0 Å². The Kier molecular flexibility index (Phi) is 2.50. The maximum absolute atomic E-state index is 11.1. The van der Waals surface area contributed by atoms with Gasteiger partial charge in [0.1, 0.15) is 0 Å². The highest BCUT2D eigenvalue weighted by molar-refractivity contribution is 5.56. The summed E-state index contributed by atoms with van der Waals surface area (Å²) >= 11 is 0. The van der Waals surface area contributed by atoms with Crippen LogP contribution in [0.4, 0.5) is 4.79 Å². The lowest BCUT2D eigenvalue weighted by atomic mass is 9.95. The molecule has 1 amide bonds. The van der Waals surface area contributed by atoms with Crippen molar-refractivity contribution in [2.45, 2.75) is 18.3 Å². The molecule has 1 fully saturated rings. The van der Waals surface area contributed by atoms with Crippen molar-refractivity contribution in [2.75, 3.05) is 20.6 Å². The van der Waals surface area contributed by atoms with E-state index in [1.165, 1.54) is 5.56 Å². The van der Waals surface area contributed by atoms with Crippen LogP contribution < -0.4 is 0 Å². The van der Waals surface area contributed by atoms with Crippen molar-refractivity contribution in [3.05, 3.63) is 35.9 Å². The lowest BCUT2D eigenvalue weighted by Gasteiger charge is -2.28. The van der Waals surface area contributed by atoms with Gasteiger partial charge in [-0.15, -0.1) is 0 Å². The topological polar surface area (TPSA) is 37.3 Å². The fourth-order valence-corrected chi connectivity index (χ4v) is 2.30. The summed E-state index contributed by atoms with van der Waals surface area (Å²) in [6, 6.07) is 10.3. The Bertz CT molecular complexity index is 394. The highest BCUT2D eigenvalue weighted by atomic mass is 16.4. The lowest BCUT2D eigenvalue weighted by molar-refractivity contribution is -0.819. The zero-order valence-electron chi connectivity index (χ0n) is 9.81. The van der Waals surface area contributed by atoms with Crippen LogP contribution >= 0.6 is 0 Å². The molecule has 2 rings (SSSR count). The van der Waals surface area contributed by atoms with E-state index in [0.717, 1.165) is 12.8 Å². The molecule has 1 saturated carbocycles. The molecule has 0 heterocycles. The van der Waals surface area contributed by atoms with Gasteiger partial charge in [0, 0.05) is 5.41 Å². The van der Waals surface area contributed by atoms with Gasteiger partial charge in [0.15, 0.2) is 0 Å². The van der Waals surface area contributed by atoms with E-state index in [1.807, 2.05) is 18.2 Å². The molecule has 86 valence electrons. The summed E-state index contributed by atoms with van der Waals surface area (Å²) in [7, 11) is 3.51. The van der Waals surface area contributed by atoms with Crippen LogP contribution in [0.1, 0.15) is 18.4 Å². The van der Waals surface area contributed by atoms with Crippen LogP contribution in [0.5, 0.6) is 0 Å². The first kappa shape index (κ1) is 11.1. The van der Waals surface area contributed by atoms with Crippen molar-refractivity contribution in [1.29, 1.82) is 0 Å². The summed E-state index contributed by atoms with van der Waals surface area (Å²) in [5.74, 6) is 0. The third kappa shape index (κ3) is 1.95. The van der Waals surface area contributed by atoms with Gasteiger partial charge in [-0.1, -0.05) is 30.3 Å². The number of rotatable bonds is 3. The first-order valence-electron chi connectivity index (χ1n) is 5.58. The minimum absolute atomic E-state index is 0.0366. The Morgan fingerprint density at radius 2 is 1.88 bits per heavy atom. The van der Waals surface area contributed by atoms with Crippen molar-refractivity contribution in [3.8, 4) is 0 Å². The van der Waals surface area contributed by atoms with Gasteiger partial charge < -0.3 is 5.11 Å². The van der Waals surface area contributed by atoms with Gasteiger partial charge in [0.25, 0.3) is 0 Å². The highest BCUT2D eigenvalue weighted by Crippen LogP contribution is 2.49. The zero-order chi connectivity index (χ0) is 11.8. The van der Waals surface area contributed by atoms with E-state index in [2.05, 4.69) is 12.1 Å². The number of likely N-dealkylation sites (N-methyl/N-ethyl adjacent to an activating group) is 1. The molecule has 1 aliphatic carbocycles. The molecule has 0 atom stereocenters. The fraction of sp³-hybridized carbons (Fsp3) is 0.462. The molecule has 0 bridgehead atoms. The normalized spacial score (nSPS) is 18.1. The van der Waals surface area contributed by atoms with Crippen LogP contribution in [-0.2, 0) is 5.41 Å². The molecule has 1 aromatic rings. The summed E-state index contributed by atoms with van der Waals surface area (Å²) in [5, 5.41) is 9.15. The number of benzene rings is 1. The molecule has 0 aliphatic heterocycles. The SMILES string of the molecule is C[N+](C)(CC1(c2ccccc2)CC1)C(=O)O. The Morgan fingerprint density at radius 1 is 1.31 bits per heavy atom. The molecular formula is C13H18NO2+. The van der Waals surface area contributed by atoms with Crippen molar-refractivity contribution < 1.29 is 14.4 Å².